The quantitative estimate of drug-likeness (QED) is 0.702. The standard InChI is InChI=1S/C16H17F3N2O4.ClH/c1-23-4-5-24-14-3-2-11(16(17,18)19)7-13(14)21-15(22)10-6-12(8-20)25-9-10;/h2-3,6-7,9H,4-5,8,20H2,1H3,(H,21,22);1H. The Labute approximate surface area is 153 Å². The molecule has 1 aromatic heterocycles. The maximum atomic E-state index is 12.9. The smallest absolute Gasteiger partial charge is 0.416 e. The van der Waals surface area contributed by atoms with Crippen LogP contribution in [0.5, 0.6) is 5.75 Å². The Morgan fingerprint density at radius 2 is 2.00 bits per heavy atom. The number of nitrogens with one attached hydrogen (secondary N) is 1. The van der Waals surface area contributed by atoms with Crippen molar-refractivity contribution >= 4 is 24.0 Å². The molecule has 0 saturated heterocycles. The summed E-state index contributed by atoms with van der Waals surface area (Å²) in [6.07, 6.45) is -3.37. The fraction of sp³-hybridized carbons (Fsp3) is 0.312. The Morgan fingerprint density at radius 1 is 1.27 bits per heavy atom. The van der Waals surface area contributed by atoms with E-state index in [4.69, 9.17) is 19.6 Å². The zero-order valence-corrected chi connectivity index (χ0v) is 14.6. The van der Waals surface area contributed by atoms with Crippen molar-refractivity contribution in [3.8, 4) is 5.75 Å². The van der Waals surface area contributed by atoms with Crippen LogP contribution in [0.4, 0.5) is 18.9 Å². The van der Waals surface area contributed by atoms with Crippen molar-refractivity contribution in [2.75, 3.05) is 25.6 Å². The first kappa shape index (κ1) is 21.8. The topological polar surface area (TPSA) is 86.7 Å². The maximum absolute atomic E-state index is 12.9. The summed E-state index contributed by atoms with van der Waals surface area (Å²) < 4.78 is 54.0. The lowest BCUT2D eigenvalue weighted by atomic mass is 10.1. The summed E-state index contributed by atoms with van der Waals surface area (Å²) in [6, 6.07) is 4.25. The van der Waals surface area contributed by atoms with Gasteiger partial charge in [-0.15, -0.1) is 12.4 Å². The van der Waals surface area contributed by atoms with Crippen LogP contribution in [0, 0.1) is 0 Å². The lowest BCUT2D eigenvalue weighted by Gasteiger charge is -2.15. The number of anilines is 1. The first-order valence-corrected chi connectivity index (χ1v) is 7.27. The van der Waals surface area contributed by atoms with Crippen LogP contribution < -0.4 is 15.8 Å². The van der Waals surface area contributed by atoms with Gasteiger partial charge in [0.2, 0.25) is 0 Å². The highest BCUT2D eigenvalue weighted by molar-refractivity contribution is 6.05. The molecule has 0 radical (unpaired) electrons. The summed E-state index contributed by atoms with van der Waals surface area (Å²) >= 11 is 0. The van der Waals surface area contributed by atoms with Gasteiger partial charge >= 0.3 is 6.18 Å². The molecule has 0 saturated carbocycles. The molecule has 0 atom stereocenters. The van der Waals surface area contributed by atoms with E-state index < -0.39 is 17.6 Å². The number of benzene rings is 1. The van der Waals surface area contributed by atoms with Gasteiger partial charge in [0.15, 0.2) is 0 Å². The van der Waals surface area contributed by atoms with Crippen molar-refractivity contribution in [1.82, 2.24) is 0 Å². The van der Waals surface area contributed by atoms with E-state index >= 15 is 0 Å². The summed E-state index contributed by atoms with van der Waals surface area (Å²) in [5.41, 5.74) is 4.52. The minimum atomic E-state index is -4.55. The lowest BCUT2D eigenvalue weighted by molar-refractivity contribution is -0.137. The van der Waals surface area contributed by atoms with E-state index in [2.05, 4.69) is 5.32 Å². The average molecular weight is 395 g/mol. The largest absolute Gasteiger partial charge is 0.489 e. The number of alkyl halides is 3. The van der Waals surface area contributed by atoms with Gasteiger partial charge in [0, 0.05) is 7.11 Å². The molecule has 2 aromatic rings. The number of ether oxygens (including phenoxy) is 2. The second kappa shape index (κ2) is 9.46. The zero-order valence-electron chi connectivity index (χ0n) is 13.8. The summed E-state index contributed by atoms with van der Waals surface area (Å²) in [7, 11) is 1.47. The van der Waals surface area contributed by atoms with Crippen molar-refractivity contribution < 1.29 is 31.9 Å². The van der Waals surface area contributed by atoms with Crippen molar-refractivity contribution in [2.45, 2.75) is 12.7 Å². The van der Waals surface area contributed by atoms with Crippen molar-refractivity contribution in [3.63, 3.8) is 0 Å². The third kappa shape index (κ3) is 5.65. The number of nitrogens with two attached hydrogens (primary N) is 1. The third-order valence-corrected chi connectivity index (χ3v) is 3.22. The van der Waals surface area contributed by atoms with Gasteiger partial charge in [0.05, 0.1) is 30.0 Å². The second-order valence-corrected chi connectivity index (χ2v) is 5.01. The summed E-state index contributed by atoms with van der Waals surface area (Å²) in [6.45, 7) is 0.464. The Balaban J connectivity index is 0.00000338. The van der Waals surface area contributed by atoms with Crippen LogP contribution in [0.25, 0.3) is 0 Å². The number of furan rings is 1. The molecule has 26 heavy (non-hydrogen) atoms. The molecule has 2 rings (SSSR count). The number of halogens is 4. The Hall–Kier alpha value is -2.23. The molecular formula is C16H18ClF3N2O4. The molecule has 0 unspecified atom stereocenters. The molecule has 10 heteroatoms. The van der Waals surface area contributed by atoms with E-state index in [9.17, 15) is 18.0 Å². The molecular weight excluding hydrogens is 377 g/mol. The summed E-state index contributed by atoms with van der Waals surface area (Å²) in [4.78, 5) is 12.2. The van der Waals surface area contributed by atoms with Gasteiger partial charge in [-0.25, -0.2) is 0 Å². The number of carbonyl (C=O) groups is 1. The van der Waals surface area contributed by atoms with Crippen LogP contribution in [0.15, 0.2) is 34.9 Å². The van der Waals surface area contributed by atoms with E-state index in [0.717, 1.165) is 18.2 Å². The Bertz CT molecular complexity index is 735. The normalized spacial score (nSPS) is 11.0. The highest BCUT2D eigenvalue weighted by atomic mass is 35.5. The molecule has 1 aromatic carbocycles. The molecule has 0 fully saturated rings. The molecule has 0 aliphatic rings. The van der Waals surface area contributed by atoms with E-state index in [0.29, 0.717) is 5.76 Å². The van der Waals surface area contributed by atoms with Crippen LogP contribution in [0.3, 0.4) is 0 Å². The van der Waals surface area contributed by atoms with Gasteiger partial charge in [-0.3, -0.25) is 4.79 Å². The van der Waals surface area contributed by atoms with Gasteiger partial charge in [0.1, 0.15) is 24.4 Å². The number of hydrogen-bond donors (Lipinski definition) is 2. The number of hydrogen-bond acceptors (Lipinski definition) is 5. The molecule has 0 spiro atoms. The number of amides is 1. The predicted molar refractivity (Wildman–Crippen MR) is 90.6 cm³/mol. The monoisotopic (exact) mass is 394 g/mol. The maximum Gasteiger partial charge on any atom is 0.416 e. The van der Waals surface area contributed by atoms with E-state index in [-0.39, 0.29) is 49.2 Å². The summed E-state index contributed by atoms with van der Waals surface area (Å²) in [5.74, 6) is -0.161. The SMILES string of the molecule is COCCOc1ccc(C(F)(F)F)cc1NC(=O)c1coc(CN)c1.Cl. The Morgan fingerprint density at radius 3 is 2.58 bits per heavy atom. The van der Waals surface area contributed by atoms with E-state index in [1.54, 1.807) is 0 Å². The fourth-order valence-corrected chi connectivity index (χ4v) is 1.97. The van der Waals surface area contributed by atoms with Crippen molar-refractivity contribution in [3.05, 3.63) is 47.4 Å². The van der Waals surface area contributed by atoms with E-state index in [1.807, 2.05) is 0 Å². The molecule has 144 valence electrons. The third-order valence-electron chi connectivity index (χ3n) is 3.22. The van der Waals surface area contributed by atoms with Crippen LogP contribution in [0.2, 0.25) is 0 Å². The lowest BCUT2D eigenvalue weighted by Crippen LogP contribution is -2.15. The zero-order chi connectivity index (χ0) is 18.4. The van der Waals surface area contributed by atoms with Crippen molar-refractivity contribution in [2.24, 2.45) is 5.73 Å². The molecule has 0 aliphatic carbocycles. The molecule has 1 heterocycles. The predicted octanol–water partition coefficient (Wildman–Crippen LogP) is 3.46. The van der Waals surface area contributed by atoms with Crippen LogP contribution >= 0.6 is 12.4 Å². The molecule has 6 nitrogen and oxygen atoms in total. The minimum absolute atomic E-state index is 0. The van der Waals surface area contributed by atoms with Gasteiger partial charge < -0.3 is 24.9 Å². The first-order valence-electron chi connectivity index (χ1n) is 7.27. The summed E-state index contributed by atoms with van der Waals surface area (Å²) in [5, 5.41) is 2.40. The first-order chi connectivity index (χ1) is 11.8. The van der Waals surface area contributed by atoms with Gasteiger partial charge in [-0.1, -0.05) is 0 Å². The highest BCUT2D eigenvalue weighted by Gasteiger charge is 2.31. The van der Waals surface area contributed by atoms with Crippen LogP contribution in [-0.2, 0) is 17.5 Å². The van der Waals surface area contributed by atoms with E-state index in [1.165, 1.54) is 19.4 Å². The fourth-order valence-electron chi connectivity index (χ4n) is 1.97. The number of carbonyl (C=O) groups excluding carboxylic acids is 1. The minimum Gasteiger partial charge on any atom is -0.489 e. The Kier molecular flexibility index (Phi) is 7.94. The number of rotatable bonds is 7. The average Bonchev–Trinajstić information content (AvgIpc) is 3.04. The molecule has 1 amide bonds. The van der Waals surface area contributed by atoms with Gasteiger partial charge in [0.25, 0.3) is 5.91 Å². The second-order valence-electron chi connectivity index (χ2n) is 5.01. The van der Waals surface area contributed by atoms with Crippen LogP contribution in [-0.4, -0.2) is 26.2 Å². The van der Waals surface area contributed by atoms with Gasteiger partial charge in [-0.2, -0.15) is 13.2 Å². The molecule has 0 bridgehead atoms. The van der Waals surface area contributed by atoms with Crippen molar-refractivity contribution in [1.29, 1.82) is 0 Å². The highest BCUT2D eigenvalue weighted by Crippen LogP contribution is 2.35. The molecule has 0 aliphatic heterocycles. The van der Waals surface area contributed by atoms with Crippen LogP contribution in [0.1, 0.15) is 21.7 Å². The molecule has 3 N–H and O–H groups in total. The van der Waals surface area contributed by atoms with Gasteiger partial charge in [-0.05, 0) is 24.3 Å². The number of methoxy groups -OCH3 is 1.